The molecule has 0 amide bonds. The fourth-order valence-electron chi connectivity index (χ4n) is 2.83. The van der Waals surface area contributed by atoms with Crippen LogP contribution in [0, 0.1) is 5.92 Å². The third-order valence-electron chi connectivity index (χ3n) is 3.76. The van der Waals surface area contributed by atoms with E-state index in [0.29, 0.717) is 12.0 Å². The van der Waals surface area contributed by atoms with Gasteiger partial charge in [0.2, 0.25) is 0 Å². The smallest absolute Gasteiger partial charge is 0.0451 e. The van der Waals surface area contributed by atoms with Crippen LogP contribution in [0.3, 0.4) is 0 Å². The van der Waals surface area contributed by atoms with Crippen LogP contribution in [-0.2, 0) is 6.54 Å². The van der Waals surface area contributed by atoms with E-state index in [4.69, 9.17) is 11.6 Å². The lowest BCUT2D eigenvalue weighted by Crippen LogP contribution is -2.44. The number of piperidine rings is 1. The summed E-state index contributed by atoms with van der Waals surface area (Å²) in [6, 6.07) is 8.92. The molecule has 106 valence electrons. The minimum absolute atomic E-state index is 0.692. The molecule has 1 aromatic carbocycles. The molecule has 1 aliphatic heterocycles. The van der Waals surface area contributed by atoms with Gasteiger partial charge in [-0.25, -0.2) is 0 Å². The molecule has 1 fully saturated rings. The predicted molar refractivity (Wildman–Crippen MR) is 82.6 cm³/mol. The highest BCUT2D eigenvalue weighted by Gasteiger charge is 2.22. The van der Waals surface area contributed by atoms with Crippen LogP contribution in [0.2, 0.25) is 5.02 Å². The van der Waals surface area contributed by atoms with E-state index in [0.717, 1.165) is 31.2 Å². The first kappa shape index (κ1) is 14.8. The van der Waals surface area contributed by atoms with Crippen molar-refractivity contribution in [3.8, 4) is 0 Å². The number of benzene rings is 1. The summed E-state index contributed by atoms with van der Waals surface area (Å²) in [6.45, 7) is 8.99. The van der Waals surface area contributed by atoms with Crippen LogP contribution in [0.4, 0.5) is 0 Å². The molecule has 0 unspecified atom stereocenters. The molecule has 0 saturated carbocycles. The lowest BCUT2D eigenvalue weighted by Gasteiger charge is -2.36. The molecule has 19 heavy (non-hydrogen) atoms. The van der Waals surface area contributed by atoms with Gasteiger partial charge in [0.15, 0.2) is 0 Å². The lowest BCUT2D eigenvalue weighted by molar-refractivity contribution is 0.137. The Hall–Kier alpha value is -0.570. The number of halogens is 1. The normalized spacial score (nSPS) is 17.3. The monoisotopic (exact) mass is 280 g/mol. The average molecular weight is 281 g/mol. The van der Waals surface area contributed by atoms with Crippen molar-refractivity contribution in [1.29, 1.82) is 0 Å². The predicted octanol–water partition coefficient (Wildman–Crippen LogP) is 3.55. The summed E-state index contributed by atoms with van der Waals surface area (Å²) in [5, 5.41) is 4.34. The van der Waals surface area contributed by atoms with Gasteiger partial charge < -0.3 is 5.32 Å². The van der Waals surface area contributed by atoms with Gasteiger partial charge in [0.1, 0.15) is 0 Å². The minimum Gasteiger partial charge on any atom is -0.317 e. The lowest BCUT2D eigenvalue weighted by atomic mass is 10.0. The van der Waals surface area contributed by atoms with Crippen molar-refractivity contribution in [3.05, 3.63) is 34.9 Å². The van der Waals surface area contributed by atoms with Crippen molar-refractivity contribution in [2.45, 2.75) is 39.3 Å². The molecule has 2 nitrogen and oxygen atoms in total. The molecule has 0 aliphatic carbocycles. The highest BCUT2D eigenvalue weighted by Crippen LogP contribution is 2.21. The molecule has 0 aromatic heterocycles. The van der Waals surface area contributed by atoms with Crippen molar-refractivity contribution in [3.63, 3.8) is 0 Å². The van der Waals surface area contributed by atoms with Gasteiger partial charge in [0.25, 0.3) is 0 Å². The van der Waals surface area contributed by atoms with E-state index in [9.17, 15) is 0 Å². The molecule has 0 radical (unpaired) electrons. The molecular formula is C16H25ClN2. The second-order valence-electron chi connectivity index (χ2n) is 5.90. The molecule has 1 heterocycles. The number of nitrogens with zero attached hydrogens (tertiary/aromatic N) is 1. The summed E-state index contributed by atoms with van der Waals surface area (Å²) in [5.41, 5.74) is 1.25. The summed E-state index contributed by atoms with van der Waals surface area (Å²) < 4.78 is 0. The number of nitrogens with one attached hydrogen (secondary N) is 1. The Kier molecular flexibility index (Phi) is 5.68. The van der Waals surface area contributed by atoms with Crippen molar-refractivity contribution in [1.82, 2.24) is 10.2 Å². The van der Waals surface area contributed by atoms with E-state index < -0.39 is 0 Å². The molecule has 0 bridgehead atoms. The molecular weight excluding hydrogens is 256 g/mol. The summed E-state index contributed by atoms with van der Waals surface area (Å²) >= 11 is 6.30. The highest BCUT2D eigenvalue weighted by molar-refractivity contribution is 6.31. The number of rotatable bonds is 5. The Morgan fingerprint density at radius 2 is 1.95 bits per heavy atom. The summed E-state index contributed by atoms with van der Waals surface area (Å²) in [7, 11) is 0. The average Bonchev–Trinajstić information content (AvgIpc) is 2.41. The third-order valence-corrected chi connectivity index (χ3v) is 4.12. The molecule has 2 rings (SSSR count). The Labute approximate surface area is 122 Å². The van der Waals surface area contributed by atoms with Crippen LogP contribution in [0.25, 0.3) is 0 Å². The molecule has 1 N–H and O–H groups in total. The first-order chi connectivity index (χ1) is 9.16. The van der Waals surface area contributed by atoms with E-state index in [1.54, 1.807) is 0 Å². The molecule has 0 atom stereocenters. The van der Waals surface area contributed by atoms with Crippen LogP contribution in [0.15, 0.2) is 24.3 Å². The summed E-state index contributed by atoms with van der Waals surface area (Å²) in [5.74, 6) is 0.692. The number of hydrogen-bond acceptors (Lipinski definition) is 2. The maximum Gasteiger partial charge on any atom is 0.0451 e. The quantitative estimate of drug-likeness (QED) is 0.887. The maximum atomic E-state index is 6.30. The standard InChI is InChI=1S/C16H25ClN2/c1-13(2)11-19(15-7-9-18-10-8-15)12-14-5-3-4-6-16(14)17/h3-6,13,15,18H,7-12H2,1-2H3. The highest BCUT2D eigenvalue weighted by atomic mass is 35.5. The van der Waals surface area contributed by atoms with Crippen LogP contribution in [0.5, 0.6) is 0 Å². The fourth-order valence-corrected chi connectivity index (χ4v) is 3.02. The van der Waals surface area contributed by atoms with Crippen molar-refractivity contribution < 1.29 is 0 Å². The van der Waals surface area contributed by atoms with Crippen LogP contribution >= 0.6 is 11.6 Å². The van der Waals surface area contributed by atoms with E-state index in [-0.39, 0.29) is 0 Å². The van der Waals surface area contributed by atoms with Crippen LogP contribution < -0.4 is 5.32 Å². The van der Waals surface area contributed by atoms with E-state index in [2.05, 4.69) is 36.2 Å². The van der Waals surface area contributed by atoms with E-state index in [1.165, 1.54) is 18.4 Å². The fraction of sp³-hybridized carbons (Fsp3) is 0.625. The number of hydrogen-bond donors (Lipinski definition) is 1. The zero-order valence-electron chi connectivity index (χ0n) is 12.0. The summed E-state index contributed by atoms with van der Waals surface area (Å²) in [4.78, 5) is 2.62. The Morgan fingerprint density at radius 3 is 2.58 bits per heavy atom. The first-order valence-electron chi connectivity index (χ1n) is 7.35. The first-order valence-corrected chi connectivity index (χ1v) is 7.73. The molecule has 3 heteroatoms. The van der Waals surface area contributed by atoms with Gasteiger partial charge in [-0.15, -0.1) is 0 Å². The second kappa shape index (κ2) is 7.28. The van der Waals surface area contributed by atoms with Crippen molar-refractivity contribution in [2.24, 2.45) is 5.92 Å². The summed E-state index contributed by atoms with van der Waals surface area (Å²) in [6.07, 6.45) is 2.49. The van der Waals surface area contributed by atoms with Crippen molar-refractivity contribution in [2.75, 3.05) is 19.6 Å². The van der Waals surface area contributed by atoms with Gasteiger partial charge in [-0.1, -0.05) is 43.6 Å². The minimum atomic E-state index is 0.692. The molecule has 1 aromatic rings. The van der Waals surface area contributed by atoms with Crippen LogP contribution in [0.1, 0.15) is 32.3 Å². The maximum absolute atomic E-state index is 6.30. The van der Waals surface area contributed by atoms with Gasteiger partial charge in [-0.3, -0.25) is 4.90 Å². The molecule has 1 saturated heterocycles. The van der Waals surface area contributed by atoms with Crippen LogP contribution in [-0.4, -0.2) is 30.6 Å². The zero-order chi connectivity index (χ0) is 13.7. The van der Waals surface area contributed by atoms with Crippen molar-refractivity contribution >= 4 is 11.6 Å². The zero-order valence-corrected chi connectivity index (χ0v) is 12.8. The molecule has 1 aliphatic rings. The second-order valence-corrected chi connectivity index (χ2v) is 6.30. The largest absolute Gasteiger partial charge is 0.317 e. The topological polar surface area (TPSA) is 15.3 Å². The van der Waals surface area contributed by atoms with Gasteiger partial charge >= 0.3 is 0 Å². The van der Waals surface area contributed by atoms with E-state index in [1.807, 2.05) is 12.1 Å². The SMILES string of the molecule is CC(C)CN(Cc1ccccc1Cl)C1CCNCC1. The third kappa shape index (κ3) is 4.48. The van der Waals surface area contributed by atoms with E-state index >= 15 is 0 Å². The Balaban J connectivity index is 2.06. The van der Waals surface area contributed by atoms with Gasteiger partial charge in [0, 0.05) is 24.2 Å². The van der Waals surface area contributed by atoms with Gasteiger partial charge in [-0.05, 0) is 43.5 Å². The Morgan fingerprint density at radius 1 is 1.26 bits per heavy atom. The molecule has 0 spiro atoms. The Bertz CT molecular complexity index is 386. The van der Waals surface area contributed by atoms with Gasteiger partial charge in [-0.2, -0.15) is 0 Å². The van der Waals surface area contributed by atoms with Gasteiger partial charge in [0.05, 0.1) is 0 Å².